The van der Waals surface area contributed by atoms with E-state index in [2.05, 4.69) is 0 Å². The number of carboxylic acids is 1. The Morgan fingerprint density at radius 2 is 2.21 bits per heavy atom. The van der Waals surface area contributed by atoms with Crippen molar-refractivity contribution in [1.29, 1.82) is 0 Å². The highest BCUT2D eigenvalue weighted by Crippen LogP contribution is 2.14. The summed E-state index contributed by atoms with van der Waals surface area (Å²) < 4.78 is 0. The number of nitrogens with two attached hydrogens (primary N) is 1. The molecule has 3 nitrogen and oxygen atoms in total. The number of halogens is 1. The van der Waals surface area contributed by atoms with E-state index in [1.54, 1.807) is 0 Å². The van der Waals surface area contributed by atoms with Crippen molar-refractivity contribution in [2.45, 2.75) is 5.75 Å². The molecule has 0 saturated carbocycles. The van der Waals surface area contributed by atoms with E-state index < -0.39 is 5.97 Å². The maximum absolute atomic E-state index is 10.2. The Hall–Kier alpha value is -0.870. The van der Waals surface area contributed by atoms with Crippen molar-refractivity contribution in [3.05, 3.63) is 29.8 Å². The summed E-state index contributed by atoms with van der Waals surface area (Å²) in [4.78, 5) is 10.2. The number of carbonyl (C=O) groups is 1. The second kappa shape index (κ2) is 6.56. The number of hydrogen-bond donors (Lipinski definition) is 2. The van der Waals surface area contributed by atoms with E-state index in [4.69, 9.17) is 10.8 Å². The molecule has 14 heavy (non-hydrogen) atoms. The molecule has 0 aliphatic carbocycles. The molecule has 0 heterocycles. The Morgan fingerprint density at radius 1 is 1.50 bits per heavy atom. The Balaban J connectivity index is 0.00000169. The molecular weight excluding hydrogens is 222 g/mol. The van der Waals surface area contributed by atoms with Gasteiger partial charge in [-0.15, -0.1) is 24.2 Å². The second-order valence-corrected chi connectivity index (χ2v) is 3.62. The summed E-state index contributed by atoms with van der Waals surface area (Å²) in [6.07, 6.45) is 0. The van der Waals surface area contributed by atoms with Crippen LogP contribution in [0.1, 0.15) is 5.56 Å². The highest BCUT2D eigenvalue weighted by molar-refractivity contribution is 7.99. The summed E-state index contributed by atoms with van der Waals surface area (Å²) in [5, 5.41) is 8.40. The van der Waals surface area contributed by atoms with Crippen molar-refractivity contribution in [2.24, 2.45) is 0 Å². The SMILES string of the molecule is Cl.Nc1cccc(CSCC(=O)O)c1. The highest BCUT2D eigenvalue weighted by atomic mass is 35.5. The largest absolute Gasteiger partial charge is 0.481 e. The van der Waals surface area contributed by atoms with Crippen molar-refractivity contribution in [2.75, 3.05) is 11.5 Å². The maximum atomic E-state index is 10.2. The number of benzene rings is 1. The first-order chi connectivity index (χ1) is 6.18. The van der Waals surface area contributed by atoms with Gasteiger partial charge in [-0.1, -0.05) is 12.1 Å². The molecule has 0 saturated heterocycles. The molecule has 3 N–H and O–H groups in total. The van der Waals surface area contributed by atoms with E-state index in [0.717, 1.165) is 5.56 Å². The van der Waals surface area contributed by atoms with E-state index in [0.29, 0.717) is 11.4 Å². The molecule has 1 aromatic carbocycles. The van der Waals surface area contributed by atoms with Crippen molar-refractivity contribution >= 4 is 35.8 Å². The minimum atomic E-state index is -0.783. The molecule has 1 aromatic rings. The molecule has 0 bridgehead atoms. The molecule has 0 aliphatic rings. The van der Waals surface area contributed by atoms with Gasteiger partial charge in [0.2, 0.25) is 0 Å². The van der Waals surface area contributed by atoms with Crippen LogP contribution < -0.4 is 5.73 Å². The van der Waals surface area contributed by atoms with Gasteiger partial charge in [0.05, 0.1) is 5.75 Å². The number of carboxylic acid groups (broad SMARTS) is 1. The van der Waals surface area contributed by atoms with Gasteiger partial charge in [0, 0.05) is 11.4 Å². The van der Waals surface area contributed by atoms with E-state index >= 15 is 0 Å². The Labute approximate surface area is 93.1 Å². The fraction of sp³-hybridized carbons (Fsp3) is 0.222. The summed E-state index contributed by atoms with van der Waals surface area (Å²) in [5.41, 5.74) is 7.34. The first kappa shape index (κ1) is 13.1. The minimum absolute atomic E-state index is 0. The molecule has 78 valence electrons. The van der Waals surface area contributed by atoms with Gasteiger partial charge in [-0.2, -0.15) is 0 Å². The van der Waals surface area contributed by atoms with Crippen LogP contribution in [0.4, 0.5) is 5.69 Å². The summed E-state index contributed by atoms with van der Waals surface area (Å²) in [6, 6.07) is 7.47. The Kier molecular flexibility index (Phi) is 6.16. The standard InChI is InChI=1S/C9H11NO2S.ClH/c10-8-3-1-2-7(4-8)5-13-6-9(11)12;/h1-4H,5-6,10H2,(H,11,12);1H. The smallest absolute Gasteiger partial charge is 0.313 e. The molecule has 1 rings (SSSR count). The van der Waals surface area contributed by atoms with E-state index in [1.165, 1.54) is 11.8 Å². The van der Waals surface area contributed by atoms with Crippen molar-refractivity contribution < 1.29 is 9.90 Å². The fourth-order valence-corrected chi connectivity index (χ4v) is 1.63. The fourth-order valence-electron chi connectivity index (χ4n) is 0.939. The molecule has 0 unspecified atom stereocenters. The normalized spacial score (nSPS) is 9.14. The van der Waals surface area contributed by atoms with Crippen LogP contribution >= 0.6 is 24.2 Å². The zero-order chi connectivity index (χ0) is 9.68. The lowest BCUT2D eigenvalue weighted by Crippen LogP contribution is -1.98. The van der Waals surface area contributed by atoms with Crippen molar-refractivity contribution in [1.82, 2.24) is 0 Å². The van der Waals surface area contributed by atoms with Crippen LogP contribution in [0.15, 0.2) is 24.3 Å². The summed E-state index contributed by atoms with van der Waals surface area (Å²) >= 11 is 1.37. The Bertz CT molecular complexity index is 307. The zero-order valence-electron chi connectivity index (χ0n) is 7.47. The van der Waals surface area contributed by atoms with Crippen LogP contribution in [0.3, 0.4) is 0 Å². The van der Waals surface area contributed by atoms with Gasteiger partial charge in [0.15, 0.2) is 0 Å². The van der Waals surface area contributed by atoms with Crippen LogP contribution in [-0.2, 0) is 10.5 Å². The quantitative estimate of drug-likeness (QED) is 0.781. The van der Waals surface area contributed by atoms with Gasteiger partial charge in [-0.25, -0.2) is 0 Å². The van der Waals surface area contributed by atoms with Gasteiger partial charge in [-0.05, 0) is 17.7 Å². The molecule has 5 heteroatoms. The predicted octanol–water partition coefficient (Wildman–Crippen LogP) is 2.01. The van der Waals surface area contributed by atoms with Crippen LogP contribution in [0.2, 0.25) is 0 Å². The van der Waals surface area contributed by atoms with Gasteiger partial charge in [0.1, 0.15) is 0 Å². The average molecular weight is 234 g/mol. The van der Waals surface area contributed by atoms with Crippen LogP contribution in [0.5, 0.6) is 0 Å². The van der Waals surface area contributed by atoms with Gasteiger partial charge in [0.25, 0.3) is 0 Å². The van der Waals surface area contributed by atoms with Crippen LogP contribution in [0, 0.1) is 0 Å². The van der Waals surface area contributed by atoms with Crippen LogP contribution in [0.25, 0.3) is 0 Å². The summed E-state index contributed by atoms with van der Waals surface area (Å²) in [7, 11) is 0. The summed E-state index contributed by atoms with van der Waals surface area (Å²) in [5.74, 6) is 0.0421. The lowest BCUT2D eigenvalue weighted by molar-refractivity contribution is -0.133. The number of nitrogen functional groups attached to an aromatic ring is 1. The minimum Gasteiger partial charge on any atom is -0.481 e. The number of anilines is 1. The second-order valence-electron chi connectivity index (χ2n) is 2.63. The molecular formula is C9H12ClNO2S. The highest BCUT2D eigenvalue weighted by Gasteiger charge is 1.98. The van der Waals surface area contributed by atoms with Crippen LogP contribution in [-0.4, -0.2) is 16.8 Å². The molecule has 0 amide bonds. The number of hydrogen-bond acceptors (Lipinski definition) is 3. The number of thioether (sulfide) groups is 1. The van der Waals surface area contributed by atoms with Gasteiger partial charge >= 0.3 is 5.97 Å². The van der Waals surface area contributed by atoms with E-state index in [-0.39, 0.29) is 18.2 Å². The third kappa shape index (κ3) is 4.99. The molecule has 0 radical (unpaired) electrons. The number of rotatable bonds is 4. The summed E-state index contributed by atoms with van der Waals surface area (Å²) in [6.45, 7) is 0. The number of aliphatic carboxylic acids is 1. The van der Waals surface area contributed by atoms with Crippen molar-refractivity contribution in [3.63, 3.8) is 0 Å². The molecule has 0 aromatic heterocycles. The third-order valence-corrected chi connectivity index (χ3v) is 2.43. The van der Waals surface area contributed by atoms with Crippen molar-refractivity contribution in [3.8, 4) is 0 Å². The monoisotopic (exact) mass is 233 g/mol. The molecule has 0 spiro atoms. The molecule has 0 aliphatic heterocycles. The predicted molar refractivity (Wildman–Crippen MR) is 61.9 cm³/mol. The third-order valence-electron chi connectivity index (χ3n) is 1.45. The first-order valence-corrected chi connectivity index (χ1v) is 4.98. The lowest BCUT2D eigenvalue weighted by atomic mass is 10.2. The van der Waals surface area contributed by atoms with E-state index in [1.807, 2.05) is 24.3 Å². The van der Waals surface area contributed by atoms with Gasteiger partial charge < -0.3 is 10.8 Å². The molecule has 0 atom stereocenters. The average Bonchev–Trinajstić information content (AvgIpc) is 2.03. The first-order valence-electron chi connectivity index (χ1n) is 3.82. The Morgan fingerprint density at radius 3 is 2.79 bits per heavy atom. The molecule has 0 fully saturated rings. The van der Waals surface area contributed by atoms with E-state index in [9.17, 15) is 4.79 Å². The zero-order valence-corrected chi connectivity index (χ0v) is 9.11. The lowest BCUT2D eigenvalue weighted by Gasteiger charge is -2.00. The topological polar surface area (TPSA) is 63.3 Å². The van der Waals surface area contributed by atoms with Gasteiger partial charge in [-0.3, -0.25) is 4.79 Å². The maximum Gasteiger partial charge on any atom is 0.313 e.